The molecule has 1 saturated heterocycles. The molecule has 1 fully saturated rings. The van der Waals surface area contributed by atoms with Crippen LogP contribution in [0.1, 0.15) is 22.9 Å². The number of benzene rings is 2. The van der Waals surface area contributed by atoms with Gasteiger partial charge in [-0.15, -0.1) is 0 Å². The third-order valence-corrected chi connectivity index (χ3v) is 6.59. The predicted molar refractivity (Wildman–Crippen MR) is 135 cm³/mol. The zero-order valence-electron chi connectivity index (χ0n) is 19.7. The summed E-state index contributed by atoms with van der Waals surface area (Å²) in [5, 5.41) is 11.4. The number of aliphatic hydroxyl groups excluding tert-OH is 1. The quantitative estimate of drug-likeness (QED) is 0.261. The van der Waals surface area contributed by atoms with E-state index in [1.54, 1.807) is 42.6 Å². The molecule has 0 bridgehead atoms. The molecule has 4 heterocycles. The number of nitrogens with zero attached hydrogens (tertiary/aromatic N) is 4. The van der Waals surface area contributed by atoms with Gasteiger partial charge in [0, 0.05) is 18.8 Å². The summed E-state index contributed by atoms with van der Waals surface area (Å²) in [6.45, 7) is 3.22. The summed E-state index contributed by atoms with van der Waals surface area (Å²) in [7, 11) is 1.93. The monoisotopic (exact) mass is 481 g/mol. The Kier molecular flexibility index (Phi) is 4.99. The fourth-order valence-corrected chi connectivity index (χ4v) is 4.75. The van der Waals surface area contributed by atoms with Crippen molar-refractivity contribution in [1.29, 1.82) is 0 Å². The number of ether oxygens (including phenoxy) is 1. The molecule has 0 aliphatic carbocycles. The first kappa shape index (κ1) is 21.8. The Hall–Kier alpha value is -4.66. The number of hydrogen-bond acceptors (Lipinski definition) is 7. The van der Waals surface area contributed by atoms with Crippen molar-refractivity contribution in [3.8, 4) is 5.75 Å². The number of H-pyrrole nitrogens is 1. The number of aromatic nitrogens is 3. The third kappa shape index (κ3) is 3.39. The lowest BCUT2D eigenvalue weighted by Crippen LogP contribution is -2.30. The van der Waals surface area contributed by atoms with E-state index in [1.807, 2.05) is 37.1 Å². The highest BCUT2D eigenvalue weighted by atomic mass is 16.5. The third-order valence-electron chi connectivity index (χ3n) is 6.59. The molecule has 2 aromatic heterocycles. The van der Waals surface area contributed by atoms with Gasteiger partial charge in [0.15, 0.2) is 0 Å². The van der Waals surface area contributed by atoms with Gasteiger partial charge in [-0.1, -0.05) is 12.1 Å². The van der Waals surface area contributed by atoms with Gasteiger partial charge in [0.25, 0.3) is 5.78 Å². The highest BCUT2D eigenvalue weighted by molar-refractivity contribution is 6.51. The van der Waals surface area contributed by atoms with Crippen LogP contribution in [-0.4, -0.2) is 51.9 Å². The predicted octanol–water partition coefficient (Wildman–Crippen LogP) is 3.72. The average molecular weight is 482 g/mol. The van der Waals surface area contributed by atoms with Crippen LogP contribution in [0, 0.1) is 6.92 Å². The zero-order chi connectivity index (χ0) is 25.0. The molecule has 2 aromatic carbocycles. The van der Waals surface area contributed by atoms with Crippen LogP contribution in [-0.2, 0) is 9.59 Å². The average Bonchev–Trinajstić information content (AvgIpc) is 3.42. The Morgan fingerprint density at radius 1 is 1.14 bits per heavy atom. The summed E-state index contributed by atoms with van der Waals surface area (Å²) in [6.07, 6.45) is 1.59. The maximum atomic E-state index is 13.4. The number of aryl methyl sites for hydroxylation is 1. The number of hydrogen-bond donors (Lipinski definition) is 2. The van der Waals surface area contributed by atoms with Crippen LogP contribution in [0.3, 0.4) is 0 Å². The fourth-order valence-electron chi connectivity index (χ4n) is 4.75. The Morgan fingerprint density at radius 2 is 2.00 bits per heavy atom. The van der Waals surface area contributed by atoms with Crippen LogP contribution >= 0.6 is 0 Å². The summed E-state index contributed by atoms with van der Waals surface area (Å²) in [5.74, 6) is -0.964. The van der Waals surface area contributed by atoms with Gasteiger partial charge in [-0.25, -0.2) is 4.98 Å². The number of fused-ring (bicyclic) bond motifs is 2. The topological polar surface area (TPSA) is 112 Å². The summed E-state index contributed by atoms with van der Waals surface area (Å²) >= 11 is 0. The first-order valence-electron chi connectivity index (χ1n) is 11.6. The molecule has 36 heavy (non-hydrogen) atoms. The van der Waals surface area contributed by atoms with E-state index in [4.69, 9.17) is 4.74 Å². The minimum Gasteiger partial charge on any atom is -0.507 e. The van der Waals surface area contributed by atoms with Gasteiger partial charge < -0.3 is 19.7 Å². The van der Waals surface area contributed by atoms with Gasteiger partial charge in [-0.3, -0.25) is 19.5 Å². The van der Waals surface area contributed by atoms with Crippen molar-refractivity contribution in [3.05, 3.63) is 83.2 Å². The molecule has 0 spiro atoms. The standard InChI is InChI=1S/C27H23N5O4/c1-15-6-8-17-19(13-15)30-27(29-17)32-23(18-5-3-4-10-28-18)22(25(34)26(32)35)24(33)16-7-9-21-20(14-16)31(2)11-12-36-21/h3-10,13-14,23,33H,11-12H2,1-2H3,(H,29,30)/b24-22+. The minimum atomic E-state index is -0.960. The van der Waals surface area contributed by atoms with E-state index in [-0.39, 0.29) is 17.3 Å². The summed E-state index contributed by atoms with van der Waals surface area (Å²) in [5.41, 5.74) is 4.02. The van der Waals surface area contributed by atoms with Crippen LogP contribution in [0.15, 0.2) is 66.4 Å². The summed E-state index contributed by atoms with van der Waals surface area (Å²) in [4.78, 5) is 42.2. The number of nitrogens with one attached hydrogen (secondary N) is 1. The van der Waals surface area contributed by atoms with E-state index >= 15 is 0 Å². The minimum absolute atomic E-state index is 0.0466. The number of rotatable bonds is 3. The SMILES string of the molecule is Cc1ccc2nc(N3C(=O)C(=O)/C(=C(/O)c4ccc5c(c4)N(C)CCO5)C3c3ccccn3)[nH]c2c1. The van der Waals surface area contributed by atoms with E-state index in [9.17, 15) is 14.7 Å². The molecule has 9 heteroatoms. The molecule has 2 N–H and O–H groups in total. The summed E-state index contributed by atoms with van der Waals surface area (Å²) in [6, 6.07) is 15.2. The molecular weight excluding hydrogens is 458 g/mol. The molecule has 4 aromatic rings. The number of anilines is 2. The van der Waals surface area contributed by atoms with Crippen LogP contribution in [0.5, 0.6) is 5.75 Å². The van der Waals surface area contributed by atoms with Crippen LogP contribution < -0.4 is 14.5 Å². The number of imidazole rings is 1. The van der Waals surface area contributed by atoms with Gasteiger partial charge in [0.2, 0.25) is 5.95 Å². The van der Waals surface area contributed by atoms with Gasteiger partial charge in [0.1, 0.15) is 24.2 Å². The number of carbonyl (C=O) groups excluding carboxylic acids is 2. The van der Waals surface area contributed by atoms with Crippen LogP contribution in [0.2, 0.25) is 0 Å². The second kappa shape index (κ2) is 8.23. The molecule has 1 unspecified atom stereocenters. The molecule has 0 saturated carbocycles. The molecule has 1 amide bonds. The number of carbonyl (C=O) groups is 2. The maximum absolute atomic E-state index is 13.4. The molecule has 0 radical (unpaired) electrons. The number of Topliss-reactive ketones (excluding diaryl/α,β-unsaturated/α-hetero) is 1. The first-order chi connectivity index (χ1) is 17.4. The largest absolute Gasteiger partial charge is 0.507 e. The van der Waals surface area contributed by atoms with E-state index in [0.717, 1.165) is 16.8 Å². The van der Waals surface area contributed by atoms with Crippen molar-refractivity contribution in [2.75, 3.05) is 30.0 Å². The van der Waals surface area contributed by atoms with E-state index in [0.29, 0.717) is 35.7 Å². The highest BCUT2D eigenvalue weighted by Crippen LogP contribution is 2.42. The van der Waals surface area contributed by atoms with Crippen LogP contribution in [0.25, 0.3) is 16.8 Å². The van der Waals surface area contributed by atoms with Crippen molar-refractivity contribution in [1.82, 2.24) is 15.0 Å². The number of pyridine rings is 1. The van der Waals surface area contributed by atoms with Crippen LogP contribution in [0.4, 0.5) is 11.6 Å². The Labute approximate surface area is 206 Å². The first-order valence-corrected chi connectivity index (χ1v) is 11.6. The Bertz CT molecular complexity index is 1560. The number of aliphatic hydroxyl groups is 1. The number of ketones is 1. The van der Waals surface area contributed by atoms with E-state index in [2.05, 4.69) is 15.0 Å². The van der Waals surface area contributed by atoms with Gasteiger partial charge in [-0.2, -0.15) is 0 Å². The highest BCUT2D eigenvalue weighted by Gasteiger charge is 2.49. The Morgan fingerprint density at radius 3 is 2.81 bits per heavy atom. The van der Waals surface area contributed by atoms with Crippen molar-refractivity contribution in [3.63, 3.8) is 0 Å². The zero-order valence-corrected chi connectivity index (χ0v) is 19.7. The lowest BCUT2D eigenvalue weighted by atomic mass is 9.98. The molecule has 6 rings (SSSR count). The second-order valence-corrected chi connectivity index (χ2v) is 8.96. The van der Waals surface area contributed by atoms with Gasteiger partial charge in [0.05, 0.1) is 34.5 Å². The fraction of sp³-hybridized carbons (Fsp3) is 0.185. The van der Waals surface area contributed by atoms with Crippen molar-refractivity contribution < 1.29 is 19.4 Å². The van der Waals surface area contributed by atoms with E-state index < -0.39 is 17.7 Å². The lowest BCUT2D eigenvalue weighted by Gasteiger charge is -2.28. The molecular formula is C27H23N5O4. The van der Waals surface area contributed by atoms with Crippen molar-refractivity contribution >= 4 is 40.1 Å². The van der Waals surface area contributed by atoms with Gasteiger partial charge in [-0.05, 0) is 55.0 Å². The number of amides is 1. The number of aromatic amines is 1. The number of likely N-dealkylation sites (N-methyl/N-ethyl adjacent to an activating group) is 1. The van der Waals surface area contributed by atoms with Crippen molar-refractivity contribution in [2.24, 2.45) is 0 Å². The van der Waals surface area contributed by atoms with Gasteiger partial charge >= 0.3 is 5.91 Å². The van der Waals surface area contributed by atoms with E-state index in [1.165, 1.54) is 4.90 Å². The maximum Gasteiger partial charge on any atom is 0.302 e. The molecule has 180 valence electrons. The molecule has 1 atom stereocenters. The second-order valence-electron chi connectivity index (χ2n) is 8.96. The molecule has 2 aliphatic heterocycles. The molecule has 2 aliphatic rings. The smallest absolute Gasteiger partial charge is 0.302 e. The Balaban J connectivity index is 1.53. The van der Waals surface area contributed by atoms with Crippen molar-refractivity contribution in [2.45, 2.75) is 13.0 Å². The summed E-state index contributed by atoms with van der Waals surface area (Å²) < 4.78 is 5.70. The lowest BCUT2D eigenvalue weighted by molar-refractivity contribution is -0.132. The molecule has 9 nitrogen and oxygen atoms in total. The normalized spacial score (nSPS) is 19.0.